The molecule has 1 unspecified atom stereocenters. The molecule has 1 saturated heterocycles. The number of benzene rings is 3. The second kappa shape index (κ2) is 10.5. The molecule has 0 radical (unpaired) electrons. The van der Waals surface area contributed by atoms with Gasteiger partial charge in [0.25, 0.3) is 0 Å². The predicted octanol–water partition coefficient (Wildman–Crippen LogP) is 6.16. The predicted molar refractivity (Wildman–Crippen MR) is 154 cm³/mol. The molecular formula is C31H31ClFN3O3. The maximum Gasteiger partial charge on any atom is 0.341 e. The van der Waals surface area contributed by atoms with Crippen LogP contribution in [0.5, 0.6) is 0 Å². The van der Waals surface area contributed by atoms with E-state index in [1.54, 1.807) is 10.6 Å². The summed E-state index contributed by atoms with van der Waals surface area (Å²) >= 11 is 6.16. The summed E-state index contributed by atoms with van der Waals surface area (Å²) < 4.78 is 17.3. The maximum atomic E-state index is 15.5. The van der Waals surface area contributed by atoms with Gasteiger partial charge >= 0.3 is 5.97 Å². The van der Waals surface area contributed by atoms with Crippen LogP contribution >= 0.6 is 11.6 Å². The number of hydrogen-bond donors (Lipinski definition) is 1. The number of piperazine rings is 1. The zero-order chi connectivity index (χ0) is 27.9. The van der Waals surface area contributed by atoms with Gasteiger partial charge in [0.15, 0.2) is 0 Å². The fraction of sp³-hybridized carbons (Fsp3) is 0.290. The quantitative estimate of drug-likeness (QED) is 0.324. The number of aromatic nitrogens is 1. The lowest BCUT2D eigenvalue weighted by molar-refractivity contribution is 0.0694. The number of fused-ring (bicyclic) bond motifs is 1. The molecule has 0 spiro atoms. The number of hydrogen-bond acceptors (Lipinski definition) is 4. The molecule has 1 aliphatic heterocycles. The Hall–Kier alpha value is -3.68. The lowest BCUT2D eigenvalue weighted by atomic mass is 9.96. The minimum atomic E-state index is -1.32. The van der Waals surface area contributed by atoms with Crippen LogP contribution in [-0.4, -0.2) is 46.7 Å². The summed E-state index contributed by atoms with van der Waals surface area (Å²) in [6, 6.07) is 21.1. The summed E-state index contributed by atoms with van der Waals surface area (Å²) in [5, 5.41) is 10.3. The normalized spacial score (nSPS) is 15.5. The second-order valence-corrected chi connectivity index (χ2v) is 11.4. The first kappa shape index (κ1) is 26.9. The third-order valence-corrected chi connectivity index (χ3v) is 7.60. The third kappa shape index (κ3) is 5.29. The van der Waals surface area contributed by atoms with Crippen LogP contribution in [0.2, 0.25) is 5.02 Å². The van der Waals surface area contributed by atoms with Gasteiger partial charge in [0, 0.05) is 48.3 Å². The molecule has 1 aliphatic rings. The van der Waals surface area contributed by atoms with Crippen LogP contribution in [0.3, 0.4) is 0 Å². The van der Waals surface area contributed by atoms with Crippen molar-refractivity contribution >= 4 is 34.2 Å². The Bertz CT molecular complexity index is 1570. The number of anilines is 1. The van der Waals surface area contributed by atoms with Gasteiger partial charge in [0.2, 0.25) is 5.43 Å². The van der Waals surface area contributed by atoms with E-state index in [0.29, 0.717) is 42.4 Å². The number of rotatable bonds is 5. The molecule has 1 fully saturated rings. The highest BCUT2D eigenvalue weighted by Crippen LogP contribution is 2.33. The first-order valence-electron chi connectivity index (χ1n) is 13.0. The lowest BCUT2D eigenvalue weighted by Gasteiger charge is -2.41. The van der Waals surface area contributed by atoms with Gasteiger partial charge in [0.1, 0.15) is 11.4 Å². The third-order valence-electron chi connectivity index (χ3n) is 7.35. The Morgan fingerprint density at radius 3 is 2.15 bits per heavy atom. The Labute approximate surface area is 231 Å². The molecule has 0 saturated carbocycles. The van der Waals surface area contributed by atoms with Gasteiger partial charge in [-0.2, -0.15) is 0 Å². The summed E-state index contributed by atoms with van der Waals surface area (Å²) in [6.45, 7) is 8.34. The van der Waals surface area contributed by atoms with Crippen molar-refractivity contribution in [2.45, 2.75) is 32.4 Å². The van der Waals surface area contributed by atoms with Crippen molar-refractivity contribution in [3.63, 3.8) is 0 Å². The molecule has 0 bridgehead atoms. The largest absolute Gasteiger partial charge is 0.477 e. The zero-order valence-electron chi connectivity index (χ0n) is 22.2. The van der Waals surface area contributed by atoms with Gasteiger partial charge in [0.05, 0.1) is 17.2 Å². The van der Waals surface area contributed by atoms with Crippen molar-refractivity contribution in [2.75, 3.05) is 31.1 Å². The van der Waals surface area contributed by atoms with Gasteiger partial charge in [-0.05, 0) is 56.2 Å². The highest BCUT2D eigenvalue weighted by molar-refractivity contribution is 6.30. The fourth-order valence-corrected chi connectivity index (χ4v) is 5.53. The van der Waals surface area contributed by atoms with E-state index in [1.807, 2.05) is 68.1 Å². The van der Waals surface area contributed by atoms with Crippen molar-refractivity contribution in [2.24, 2.45) is 0 Å². The molecule has 0 aliphatic carbocycles. The molecule has 1 N–H and O–H groups in total. The zero-order valence-corrected chi connectivity index (χ0v) is 23.0. The van der Waals surface area contributed by atoms with E-state index in [-0.39, 0.29) is 17.0 Å². The molecule has 202 valence electrons. The fourth-order valence-electron chi connectivity index (χ4n) is 5.40. The molecule has 8 heteroatoms. The monoisotopic (exact) mass is 547 g/mol. The van der Waals surface area contributed by atoms with E-state index in [1.165, 1.54) is 17.8 Å². The number of carboxylic acids is 1. The van der Waals surface area contributed by atoms with Crippen LogP contribution in [0.25, 0.3) is 10.9 Å². The van der Waals surface area contributed by atoms with Gasteiger partial charge in [-0.3, -0.25) is 9.69 Å². The highest BCUT2D eigenvalue weighted by atomic mass is 35.5. The standard InChI is InChI=1S/C31H31ClFN3O3/c1-31(2,3)36-19-24(30(38)39)29(37)23-17-25(33)27(18-26(23)36)34-13-15-35(16-14-34)28(20-7-5-4-6-8-20)21-9-11-22(32)12-10-21/h4-12,17-19,28H,13-16H2,1-3H3,(H,38,39). The Kier molecular flexibility index (Phi) is 7.23. The number of halogens is 2. The molecular weight excluding hydrogens is 517 g/mol. The number of pyridine rings is 1. The average Bonchev–Trinajstić information content (AvgIpc) is 2.90. The average molecular weight is 548 g/mol. The van der Waals surface area contributed by atoms with Crippen molar-refractivity contribution in [1.29, 1.82) is 0 Å². The van der Waals surface area contributed by atoms with Gasteiger partial charge < -0.3 is 14.6 Å². The second-order valence-electron chi connectivity index (χ2n) is 10.9. The van der Waals surface area contributed by atoms with Crippen LogP contribution in [0.15, 0.2) is 77.7 Å². The number of carboxylic acid groups (broad SMARTS) is 1. The molecule has 4 aromatic rings. The number of carbonyl (C=O) groups is 1. The smallest absolute Gasteiger partial charge is 0.341 e. The summed E-state index contributed by atoms with van der Waals surface area (Å²) in [4.78, 5) is 29.0. The lowest BCUT2D eigenvalue weighted by Crippen LogP contribution is -2.48. The Morgan fingerprint density at radius 2 is 1.56 bits per heavy atom. The van der Waals surface area contributed by atoms with Gasteiger partial charge in [-0.25, -0.2) is 9.18 Å². The number of nitrogens with zero attached hydrogens (tertiary/aromatic N) is 3. The Balaban J connectivity index is 1.49. The molecule has 1 atom stereocenters. The maximum absolute atomic E-state index is 15.5. The van der Waals surface area contributed by atoms with Crippen molar-refractivity contribution in [3.05, 3.63) is 111 Å². The van der Waals surface area contributed by atoms with E-state index >= 15 is 4.39 Å². The Morgan fingerprint density at radius 1 is 0.949 bits per heavy atom. The summed E-state index contributed by atoms with van der Waals surface area (Å²) in [5.74, 6) is -1.86. The summed E-state index contributed by atoms with van der Waals surface area (Å²) in [7, 11) is 0. The molecule has 0 amide bonds. The summed E-state index contributed by atoms with van der Waals surface area (Å²) in [5.41, 5.74) is 1.66. The molecule has 39 heavy (non-hydrogen) atoms. The van der Waals surface area contributed by atoms with E-state index < -0.39 is 22.8 Å². The van der Waals surface area contributed by atoms with E-state index in [0.717, 1.165) is 5.56 Å². The van der Waals surface area contributed by atoms with Crippen LogP contribution < -0.4 is 10.3 Å². The first-order valence-corrected chi connectivity index (χ1v) is 13.3. The molecule has 3 aromatic carbocycles. The van der Waals surface area contributed by atoms with Crippen LogP contribution in [0.1, 0.15) is 48.3 Å². The van der Waals surface area contributed by atoms with Crippen molar-refractivity contribution in [3.8, 4) is 0 Å². The van der Waals surface area contributed by atoms with E-state index in [2.05, 4.69) is 17.0 Å². The van der Waals surface area contributed by atoms with Crippen LogP contribution in [0, 0.1) is 5.82 Å². The minimum absolute atomic E-state index is 0.0348. The first-order chi connectivity index (χ1) is 18.5. The van der Waals surface area contributed by atoms with E-state index in [9.17, 15) is 14.7 Å². The van der Waals surface area contributed by atoms with Crippen molar-refractivity contribution in [1.82, 2.24) is 9.47 Å². The minimum Gasteiger partial charge on any atom is -0.477 e. The molecule has 2 heterocycles. The topological polar surface area (TPSA) is 65.8 Å². The van der Waals surface area contributed by atoms with Gasteiger partial charge in [-0.1, -0.05) is 54.1 Å². The van der Waals surface area contributed by atoms with Gasteiger partial charge in [-0.15, -0.1) is 0 Å². The SMILES string of the molecule is CC(C)(C)n1cc(C(=O)O)c(=O)c2cc(F)c(N3CCN(C(c4ccccc4)c4ccc(Cl)cc4)CC3)cc21. The van der Waals surface area contributed by atoms with Crippen LogP contribution in [-0.2, 0) is 5.54 Å². The molecule has 5 rings (SSSR count). The summed E-state index contributed by atoms with van der Waals surface area (Å²) in [6.07, 6.45) is 1.36. The van der Waals surface area contributed by atoms with Crippen LogP contribution in [0.4, 0.5) is 10.1 Å². The molecule has 1 aromatic heterocycles. The highest BCUT2D eigenvalue weighted by Gasteiger charge is 2.29. The number of aromatic carboxylic acids is 1. The van der Waals surface area contributed by atoms with Crippen molar-refractivity contribution < 1.29 is 14.3 Å². The van der Waals surface area contributed by atoms with E-state index in [4.69, 9.17) is 11.6 Å². The molecule has 6 nitrogen and oxygen atoms in total.